The molecule has 0 saturated heterocycles. The number of nitrogens with one attached hydrogen (secondary N) is 1. The molecule has 1 fully saturated rings. The number of amides is 1. The zero-order valence-corrected chi connectivity index (χ0v) is 19.4. The molecule has 0 bridgehead atoms. The maximum Gasteiger partial charge on any atom is 0.251 e. The van der Waals surface area contributed by atoms with Crippen LogP contribution in [0.5, 0.6) is 0 Å². The van der Waals surface area contributed by atoms with Crippen molar-refractivity contribution in [1.82, 2.24) is 24.8 Å². The Hall–Kier alpha value is -3.55. The van der Waals surface area contributed by atoms with Crippen LogP contribution in [-0.2, 0) is 7.05 Å². The first kappa shape index (κ1) is 22.6. The molecule has 1 aliphatic carbocycles. The van der Waals surface area contributed by atoms with E-state index in [9.17, 15) is 9.59 Å². The van der Waals surface area contributed by atoms with Gasteiger partial charge in [0.2, 0.25) is 5.95 Å². The zero-order chi connectivity index (χ0) is 23.4. The first-order valence-corrected chi connectivity index (χ1v) is 11.3. The zero-order valence-electron chi connectivity index (χ0n) is 19.4. The van der Waals surface area contributed by atoms with Gasteiger partial charge < -0.3 is 14.8 Å². The number of aromatic nitrogens is 4. The molecule has 33 heavy (non-hydrogen) atoms. The van der Waals surface area contributed by atoms with Gasteiger partial charge in [-0.1, -0.05) is 6.07 Å². The summed E-state index contributed by atoms with van der Waals surface area (Å²) in [4.78, 5) is 40.1. The lowest BCUT2D eigenvalue weighted by molar-refractivity contribution is 0.0942. The summed E-state index contributed by atoms with van der Waals surface area (Å²) >= 11 is 0. The van der Waals surface area contributed by atoms with Crippen molar-refractivity contribution < 1.29 is 4.79 Å². The van der Waals surface area contributed by atoms with Crippen molar-refractivity contribution in [1.29, 1.82) is 0 Å². The lowest BCUT2D eigenvalue weighted by atomic mass is 9.79. The van der Waals surface area contributed by atoms with Gasteiger partial charge in [0.1, 0.15) is 0 Å². The predicted octanol–water partition coefficient (Wildman–Crippen LogP) is 3.01. The summed E-state index contributed by atoms with van der Waals surface area (Å²) < 4.78 is 1.45. The minimum atomic E-state index is -0.196. The molecule has 3 heterocycles. The van der Waals surface area contributed by atoms with E-state index in [1.54, 1.807) is 25.5 Å². The molecule has 3 aromatic heterocycles. The molecular weight excluding hydrogens is 416 g/mol. The van der Waals surface area contributed by atoms with Gasteiger partial charge >= 0.3 is 0 Å². The second-order valence-electron chi connectivity index (χ2n) is 8.87. The van der Waals surface area contributed by atoms with Gasteiger partial charge in [-0.25, -0.2) is 9.97 Å². The summed E-state index contributed by atoms with van der Waals surface area (Å²) in [7, 11) is 5.56. The van der Waals surface area contributed by atoms with Crippen LogP contribution in [0.3, 0.4) is 0 Å². The molecular formula is C25H30N6O2. The van der Waals surface area contributed by atoms with Gasteiger partial charge in [-0.05, 0) is 49.8 Å². The molecule has 0 atom stereocenters. The predicted molar refractivity (Wildman–Crippen MR) is 128 cm³/mol. The van der Waals surface area contributed by atoms with E-state index in [1.165, 1.54) is 10.6 Å². The molecule has 8 nitrogen and oxygen atoms in total. The highest BCUT2D eigenvalue weighted by Crippen LogP contribution is 2.38. The van der Waals surface area contributed by atoms with Gasteiger partial charge in [0.05, 0.1) is 11.4 Å². The first-order valence-electron chi connectivity index (χ1n) is 11.3. The highest BCUT2D eigenvalue weighted by atomic mass is 16.2. The highest BCUT2D eigenvalue weighted by Gasteiger charge is 2.27. The largest absolute Gasteiger partial charge is 0.352 e. The van der Waals surface area contributed by atoms with Crippen LogP contribution in [0.15, 0.2) is 53.7 Å². The van der Waals surface area contributed by atoms with E-state index in [0.29, 0.717) is 29.9 Å². The molecule has 1 N–H and O–H groups in total. The van der Waals surface area contributed by atoms with Crippen LogP contribution < -0.4 is 15.8 Å². The van der Waals surface area contributed by atoms with Crippen LogP contribution in [0.25, 0.3) is 11.3 Å². The van der Waals surface area contributed by atoms with Crippen LogP contribution in [0, 0.1) is 5.92 Å². The summed E-state index contributed by atoms with van der Waals surface area (Å²) in [6.07, 6.45) is 9.30. The fraction of sp³-hybridized carbons (Fsp3) is 0.400. The van der Waals surface area contributed by atoms with E-state index in [0.717, 1.165) is 42.6 Å². The third kappa shape index (κ3) is 5.27. The molecule has 0 spiro atoms. The summed E-state index contributed by atoms with van der Waals surface area (Å²) in [6.45, 7) is 0.612. The van der Waals surface area contributed by atoms with Crippen molar-refractivity contribution in [3.8, 4) is 11.3 Å². The topological polar surface area (TPSA) is 93.0 Å². The molecule has 1 amide bonds. The molecule has 1 aliphatic rings. The number of hydrogen-bond acceptors (Lipinski definition) is 6. The average Bonchev–Trinajstić information content (AvgIpc) is 2.84. The minimum absolute atomic E-state index is 0.186. The van der Waals surface area contributed by atoms with Crippen LogP contribution >= 0.6 is 0 Å². The lowest BCUT2D eigenvalue weighted by Crippen LogP contribution is -2.32. The Kier molecular flexibility index (Phi) is 6.82. The molecule has 172 valence electrons. The average molecular weight is 447 g/mol. The Morgan fingerprint density at radius 2 is 1.94 bits per heavy atom. The lowest BCUT2D eigenvalue weighted by Gasteiger charge is -2.29. The maximum atomic E-state index is 12.5. The standard InChI is InChI=1S/C25H30N6O2/c1-30(2)25-28-16-20(21-6-4-5-12-26-21)23(29-25)18-9-7-17(8-10-18)15-27-24(33)19-11-13-31(3)22(32)14-19/h4-6,11-14,16-18H,7-10,15H2,1-3H3,(H,27,33). The number of carbonyl (C=O) groups excluding carboxylic acids is 1. The van der Waals surface area contributed by atoms with Crippen LogP contribution in [0.4, 0.5) is 5.95 Å². The third-order valence-electron chi connectivity index (χ3n) is 6.30. The Labute approximate surface area is 193 Å². The van der Waals surface area contributed by atoms with Crippen LogP contribution in [-0.4, -0.2) is 46.1 Å². The van der Waals surface area contributed by atoms with Gasteiger partial charge in [0, 0.05) is 69.4 Å². The van der Waals surface area contributed by atoms with Crippen molar-refractivity contribution in [2.45, 2.75) is 31.6 Å². The Bertz CT molecular complexity index is 1170. The fourth-order valence-electron chi connectivity index (χ4n) is 4.30. The quantitative estimate of drug-likeness (QED) is 0.626. The molecule has 0 aromatic carbocycles. The van der Waals surface area contributed by atoms with Gasteiger partial charge in [0.25, 0.3) is 11.5 Å². The SMILES string of the molecule is CN(C)c1ncc(-c2ccccn2)c(C2CCC(CNC(=O)c3ccn(C)c(=O)c3)CC2)n1. The second kappa shape index (κ2) is 9.94. The third-order valence-corrected chi connectivity index (χ3v) is 6.30. The van der Waals surface area contributed by atoms with Crippen LogP contribution in [0.2, 0.25) is 0 Å². The molecule has 1 saturated carbocycles. The van der Waals surface area contributed by atoms with Gasteiger partial charge in [-0.3, -0.25) is 14.6 Å². The Morgan fingerprint density at radius 3 is 2.61 bits per heavy atom. The summed E-state index contributed by atoms with van der Waals surface area (Å²) in [5.41, 5.74) is 3.15. The van der Waals surface area contributed by atoms with Crippen molar-refractivity contribution in [3.63, 3.8) is 0 Å². The van der Waals surface area contributed by atoms with E-state index >= 15 is 0 Å². The first-order chi connectivity index (χ1) is 15.9. The van der Waals surface area contributed by atoms with Crippen molar-refractivity contribution in [2.75, 3.05) is 25.5 Å². The molecule has 3 aromatic rings. The van der Waals surface area contributed by atoms with Crippen molar-refractivity contribution in [2.24, 2.45) is 13.0 Å². The summed E-state index contributed by atoms with van der Waals surface area (Å²) in [5.74, 6) is 1.24. The number of rotatable bonds is 6. The number of hydrogen-bond donors (Lipinski definition) is 1. The molecule has 8 heteroatoms. The van der Waals surface area contributed by atoms with Crippen molar-refractivity contribution in [3.05, 3.63) is 70.5 Å². The second-order valence-corrected chi connectivity index (χ2v) is 8.87. The smallest absolute Gasteiger partial charge is 0.251 e. The minimum Gasteiger partial charge on any atom is -0.352 e. The van der Waals surface area contributed by atoms with E-state index in [1.807, 2.05) is 43.4 Å². The number of anilines is 1. The van der Waals surface area contributed by atoms with E-state index < -0.39 is 0 Å². The highest BCUT2D eigenvalue weighted by molar-refractivity contribution is 5.93. The van der Waals surface area contributed by atoms with E-state index in [-0.39, 0.29) is 11.5 Å². The number of aryl methyl sites for hydroxylation is 1. The molecule has 4 rings (SSSR count). The number of pyridine rings is 2. The Balaban J connectivity index is 1.42. The molecule has 0 aliphatic heterocycles. The van der Waals surface area contributed by atoms with Crippen LogP contribution in [0.1, 0.15) is 47.7 Å². The molecule has 0 unspecified atom stereocenters. The van der Waals surface area contributed by atoms with Gasteiger partial charge in [-0.2, -0.15) is 0 Å². The van der Waals surface area contributed by atoms with Gasteiger partial charge in [-0.15, -0.1) is 0 Å². The number of nitrogens with zero attached hydrogens (tertiary/aromatic N) is 5. The fourth-order valence-corrected chi connectivity index (χ4v) is 4.30. The summed E-state index contributed by atoms with van der Waals surface area (Å²) in [5, 5.41) is 3.00. The maximum absolute atomic E-state index is 12.5. The monoisotopic (exact) mass is 446 g/mol. The van der Waals surface area contributed by atoms with E-state index in [2.05, 4.69) is 15.3 Å². The van der Waals surface area contributed by atoms with Gasteiger partial charge in [0.15, 0.2) is 0 Å². The van der Waals surface area contributed by atoms with Crippen molar-refractivity contribution >= 4 is 11.9 Å². The molecule has 0 radical (unpaired) electrons. The number of carbonyl (C=O) groups is 1. The van der Waals surface area contributed by atoms with E-state index in [4.69, 9.17) is 4.98 Å². The summed E-state index contributed by atoms with van der Waals surface area (Å²) in [6, 6.07) is 8.93. The Morgan fingerprint density at radius 1 is 1.15 bits per heavy atom. The normalized spacial score (nSPS) is 18.0.